The zero-order chi connectivity index (χ0) is 9.84. The van der Waals surface area contributed by atoms with Gasteiger partial charge in [-0.25, -0.2) is 0 Å². The van der Waals surface area contributed by atoms with E-state index in [1.807, 2.05) is 0 Å². The number of rotatable bonds is 3. The van der Waals surface area contributed by atoms with Crippen molar-refractivity contribution >= 4 is 30.3 Å². The normalized spacial score (nSPS) is 10.2. The van der Waals surface area contributed by atoms with E-state index in [-0.39, 0.29) is 6.32 Å². The average molecular weight is 219 g/mol. The maximum absolute atomic E-state index is 8.65. The molecule has 0 heterocycles. The molecule has 0 radical (unpaired) electrons. The van der Waals surface area contributed by atoms with Gasteiger partial charge in [0, 0.05) is 10.0 Å². The molecule has 2 N–H and O–H groups in total. The Labute approximate surface area is 87.2 Å². The van der Waals surface area contributed by atoms with Crippen LogP contribution >= 0.6 is 23.2 Å². The van der Waals surface area contributed by atoms with E-state index in [9.17, 15) is 0 Å². The summed E-state index contributed by atoms with van der Waals surface area (Å²) < 4.78 is 0. The molecule has 70 valence electrons. The Balaban J connectivity index is 2.70. The van der Waals surface area contributed by atoms with Crippen LogP contribution in [0.15, 0.2) is 18.2 Å². The largest absolute Gasteiger partial charge is 0.451 e. The highest BCUT2D eigenvalue weighted by molar-refractivity contribution is 6.41. The van der Waals surface area contributed by atoms with E-state index >= 15 is 0 Å². The lowest BCUT2D eigenvalue weighted by molar-refractivity contribution is 0.405. The number of hydrogen-bond donors (Lipinski definition) is 2. The van der Waals surface area contributed by atoms with Crippen molar-refractivity contribution in [1.29, 1.82) is 0 Å². The summed E-state index contributed by atoms with van der Waals surface area (Å²) >= 11 is 11.6. The molecule has 0 unspecified atom stereocenters. The lowest BCUT2D eigenvalue weighted by Crippen LogP contribution is -2.11. The molecule has 0 saturated heterocycles. The summed E-state index contributed by atoms with van der Waals surface area (Å²) in [6.07, 6.45) is 0.775. The van der Waals surface area contributed by atoms with E-state index in [1.165, 1.54) is 0 Å². The van der Waals surface area contributed by atoms with Gasteiger partial charge < -0.3 is 10.0 Å². The van der Waals surface area contributed by atoms with E-state index in [0.29, 0.717) is 16.5 Å². The van der Waals surface area contributed by atoms with Crippen LogP contribution in [0.5, 0.6) is 0 Å². The molecule has 0 aliphatic heterocycles. The Hall–Kier alpha value is -0.215. The van der Waals surface area contributed by atoms with Crippen molar-refractivity contribution in [2.24, 2.45) is 0 Å². The molecule has 0 aliphatic carbocycles. The van der Waals surface area contributed by atoms with Crippen molar-refractivity contribution < 1.29 is 10.0 Å². The summed E-state index contributed by atoms with van der Waals surface area (Å²) in [5, 5.41) is 18.5. The monoisotopic (exact) mass is 218 g/mol. The van der Waals surface area contributed by atoms with Crippen LogP contribution in [0.3, 0.4) is 0 Å². The third-order valence-corrected chi connectivity index (χ3v) is 2.28. The first kappa shape index (κ1) is 10.9. The maximum Gasteiger partial charge on any atom is 0.451 e. The predicted octanol–water partition coefficient (Wildman–Crippen LogP) is 2.01. The highest BCUT2D eigenvalue weighted by Gasteiger charge is 2.08. The minimum absolute atomic E-state index is 0.264. The van der Waals surface area contributed by atoms with Gasteiger partial charge in [-0.3, -0.25) is 0 Å². The molecule has 1 rings (SSSR count). The minimum atomic E-state index is -1.30. The maximum atomic E-state index is 8.65. The summed E-state index contributed by atoms with van der Waals surface area (Å²) in [4.78, 5) is 0. The first-order valence-corrected chi connectivity index (χ1v) is 4.65. The van der Waals surface area contributed by atoms with Gasteiger partial charge in [-0.1, -0.05) is 23.2 Å². The van der Waals surface area contributed by atoms with Crippen LogP contribution in [0.25, 0.3) is 0 Å². The SMILES string of the molecule is OB(O)CCc1cc(Cl)ccc1Cl. The lowest BCUT2D eigenvalue weighted by atomic mass is 9.83. The molecular weight excluding hydrogens is 210 g/mol. The Kier molecular flexibility index (Phi) is 4.07. The smallest absolute Gasteiger partial charge is 0.427 e. The van der Waals surface area contributed by atoms with Crippen molar-refractivity contribution in [3.8, 4) is 0 Å². The Morgan fingerprint density at radius 1 is 1.23 bits per heavy atom. The van der Waals surface area contributed by atoms with Gasteiger partial charge in [0.05, 0.1) is 0 Å². The topological polar surface area (TPSA) is 40.5 Å². The van der Waals surface area contributed by atoms with Crippen LogP contribution < -0.4 is 0 Å². The van der Waals surface area contributed by atoms with Gasteiger partial charge >= 0.3 is 7.12 Å². The number of benzene rings is 1. The van der Waals surface area contributed by atoms with Gasteiger partial charge in [0.15, 0.2) is 0 Å². The molecule has 0 amide bonds. The van der Waals surface area contributed by atoms with E-state index in [1.54, 1.807) is 18.2 Å². The van der Waals surface area contributed by atoms with E-state index in [0.717, 1.165) is 5.56 Å². The molecule has 5 heteroatoms. The highest BCUT2D eigenvalue weighted by Crippen LogP contribution is 2.21. The number of hydrogen-bond acceptors (Lipinski definition) is 2. The van der Waals surface area contributed by atoms with Gasteiger partial charge in [-0.2, -0.15) is 0 Å². The van der Waals surface area contributed by atoms with Crippen LogP contribution in [-0.2, 0) is 6.42 Å². The first-order valence-electron chi connectivity index (χ1n) is 3.89. The van der Waals surface area contributed by atoms with Crippen LogP contribution in [0.2, 0.25) is 16.4 Å². The van der Waals surface area contributed by atoms with Gasteiger partial charge in [0.2, 0.25) is 0 Å². The van der Waals surface area contributed by atoms with Crippen LogP contribution in [0, 0.1) is 0 Å². The molecule has 0 aromatic heterocycles. The number of halogens is 2. The second-order valence-corrected chi connectivity index (χ2v) is 3.60. The van der Waals surface area contributed by atoms with Crippen molar-refractivity contribution in [2.45, 2.75) is 12.7 Å². The molecule has 13 heavy (non-hydrogen) atoms. The van der Waals surface area contributed by atoms with Gasteiger partial charge in [0.25, 0.3) is 0 Å². The van der Waals surface area contributed by atoms with Crippen LogP contribution in [0.1, 0.15) is 5.56 Å². The predicted molar refractivity (Wildman–Crippen MR) is 55.2 cm³/mol. The fourth-order valence-electron chi connectivity index (χ4n) is 1.02. The van der Waals surface area contributed by atoms with Crippen molar-refractivity contribution in [2.75, 3.05) is 0 Å². The quantitative estimate of drug-likeness (QED) is 0.763. The Morgan fingerprint density at radius 2 is 1.92 bits per heavy atom. The van der Waals surface area contributed by atoms with Crippen LogP contribution in [0.4, 0.5) is 0 Å². The summed E-state index contributed by atoms with van der Waals surface area (Å²) in [6, 6.07) is 5.12. The summed E-state index contributed by atoms with van der Waals surface area (Å²) in [5.41, 5.74) is 0.835. The fraction of sp³-hybridized carbons (Fsp3) is 0.250. The van der Waals surface area contributed by atoms with E-state index in [2.05, 4.69) is 0 Å². The Bertz CT molecular complexity index is 291. The second kappa shape index (κ2) is 4.87. The molecule has 0 fully saturated rings. The summed E-state index contributed by atoms with van der Waals surface area (Å²) in [5.74, 6) is 0. The molecule has 0 aliphatic rings. The first-order chi connectivity index (χ1) is 6.09. The standard InChI is InChI=1S/C8H9BCl2O2/c10-7-1-2-8(11)6(5-7)3-4-9(12)13/h1-2,5,12-13H,3-4H2. The van der Waals surface area contributed by atoms with Gasteiger partial charge in [0.1, 0.15) is 0 Å². The molecule has 0 saturated carbocycles. The average Bonchev–Trinajstić information content (AvgIpc) is 2.06. The van der Waals surface area contributed by atoms with Crippen molar-refractivity contribution in [1.82, 2.24) is 0 Å². The van der Waals surface area contributed by atoms with E-state index in [4.69, 9.17) is 33.2 Å². The van der Waals surface area contributed by atoms with E-state index < -0.39 is 7.12 Å². The minimum Gasteiger partial charge on any atom is -0.427 e. The fourth-order valence-corrected chi connectivity index (χ4v) is 1.43. The van der Waals surface area contributed by atoms with Crippen LogP contribution in [-0.4, -0.2) is 17.2 Å². The Morgan fingerprint density at radius 3 is 2.54 bits per heavy atom. The van der Waals surface area contributed by atoms with Crippen molar-refractivity contribution in [3.63, 3.8) is 0 Å². The molecule has 1 aromatic carbocycles. The second-order valence-electron chi connectivity index (χ2n) is 2.76. The van der Waals surface area contributed by atoms with Gasteiger partial charge in [-0.05, 0) is 36.5 Å². The molecule has 2 nitrogen and oxygen atoms in total. The third kappa shape index (κ3) is 3.57. The zero-order valence-corrected chi connectivity index (χ0v) is 8.39. The molecule has 1 aromatic rings. The molecule has 0 bridgehead atoms. The summed E-state index contributed by atoms with van der Waals surface area (Å²) in [6.45, 7) is 0. The third-order valence-electron chi connectivity index (χ3n) is 1.68. The van der Waals surface area contributed by atoms with Crippen molar-refractivity contribution in [3.05, 3.63) is 33.8 Å². The molecule has 0 spiro atoms. The number of aryl methyl sites for hydroxylation is 1. The molecular formula is C8H9BCl2O2. The summed E-state index contributed by atoms with van der Waals surface area (Å²) in [7, 11) is -1.30. The molecule has 0 atom stereocenters. The zero-order valence-electron chi connectivity index (χ0n) is 6.87. The lowest BCUT2D eigenvalue weighted by Gasteiger charge is -2.03. The highest BCUT2D eigenvalue weighted by atomic mass is 35.5. The van der Waals surface area contributed by atoms with Gasteiger partial charge in [-0.15, -0.1) is 0 Å².